The molecule has 8 nitrogen and oxygen atoms in total. The highest BCUT2D eigenvalue weighted by molar-refractivity contribution is 6.12. The summed E-state index contributed by atoms with van der Waals surface area (Å²) in [6, 6.07) is 16.9. The largest absolute Gasteiger partial charge is 0.493 e. The number of amides is 1. The summed E-state index contributed by atoms with van der Waals surface area (Å²) in [6.07, 6.45) is 1.03. The fourth-order valence-electron chi connectivity index (χ4n) is 5.41. The van der Waals surface area contributed by atoms with Crippen LogP contribution in [0.25, 0.3) is 11.1 Å². The van der Waals surface area contributed by atoms with Crippen LogP contribution in [0.4, 0.5) is 11.4 Å². The van der Waals surface area contributed by atoms with Crippen molar-refractivity contribution in [3.05, 3.63) is 71.3 Å². The van der Waals surface area contributed by atoms with Crippen molar-refractivity contribution in [3.63, 3.8) is 0 Å². The van der Waals surface area contributed by atoms with Crippen LogP contribution in [0, 0.1) is 0 Å². The quantitative estimate of drug-likeness (QED) is 0.426. The van der Waals surface area contributed by atoms with Gasteiger partial charge in [-0.2, -0.15) is 0 Å². The minimum absolute atomic E-state index is 0.0314. The maximum atomic E-state index is 13.1. The zero-order chi connectivity index (χ0) is 27.4. The summed E-state index contributed by atoms with van der Waals surface area (Å²) in [6.45, 7) is 6.25. The zero-order valence-corrected chi connectivity index (χ0v) is 22.9. The Bertz CT molecular complexity index is 1350. The lowest BCUT2D eigenvalue weighted by Crippen LogP contribution is -2.45. The van der Waals surface area contributed by atoms with Gasteiger partial charge in [-0.3, -0.25) is 14.5 Å². The van der Waals surface area contributed by atoms with Gasteiger partial charge in [0.25, 0.3) is 5.91 Å². The number of benzene rings is 3. The first-order valence-electron chi connectivity index (χ1n) is 13.4. The number of ketones is 1. The summed E-state index contributed by atoms with van der Waals surface area (Å²) in [4.78, 5) is 30.9. The number of nitrogens with one attached hydrogen (secondary N) is 2. The number of anilines is 2. The number of likely N-dealkylation sites (N-methyl/N-ethyl adjacent to an activating group) is 1. The van der Waals surface area contributed by atoms with Crippen molar-refractivity contribution in [2.45, 2.75) is 12.8 Å². The molecule has 204 valence electrons. The Morgan fingerprint density at radius 1 is 0.897 bits per heavy atom. The van der Waals surface area contributed by atoms with E-state index in [0.29, 0.717) is 41.2 Å². The molecule has 0 atom stereocenters. The van der Waals surface area contributed by atoms with Crippen LogP contribution in [0.2, 0.25) is 0 Å². The van der Waals surface area contributed by atoms with Gasteiger partial charge in [0.1, 0.15) is 0 Å². The Kier molecular flexibility index (Phi) is 8.14. The molecule has 2 aliphatic rings. The molecule has 2 N–H and O–H groups in total. The third-order valence-electron chi connectivity index (χ3n) is 7.64. The van der Waals surface area contributed by atoms with Crippen molar-refractivity contribution >= 4 is 23.1 Å². The summed E-state index contributed by atoms with van der Waals surface area (Å²) in [5.74, 6) is 1.04. The van der Waals surface area contributed by atoms with Gasteiger partial charge in [0.2, 0.25) is 0 Å². The Balaban J connectivity index is 1.28. The van der Waals surface area contributed by atoms with Crippen LogP contribution >= 0.6 is 0 Å². The number of hydrogen-bond acceptors (Lipinski definition) is 7. The molecule has 0 unspecified atom stereocenters. The van der Waals surface area contributed by atoms with E-state index in [2.05, 4.69) is 27.5 Å². The van der Waals surface area contributed by atoms with Gasteiger partial charge in [-0.05, 0) is 61.0 Å². The van der Waals surface area contributed by atoms with E-state index in [1.807, 2.05) is 54.6 Å². The average molecular weight is 529 g/mol. The second kappa shape index (κ2) is 11.9. The third-order valence-corrected chi connectivity index (χ3v) is 7.64. The van der Waals surface area contributed by atoms with E-state index >= 15 is 0 Å². The van der Waals surface area contributed by atoms with E-state index in [1.54, 1.807) is 14.2 Å². The van der Waals surface area contributed by atoms with Gasteiger partial charge in [-0.25, -0.2) is 0 Å². The van der Waals surface area contributed by atoms with E-state index in [9.17, 15) is 9.59 Å². The number of Topliss-reactive ketones (excluding diaryl/α,β-unsaturated/α-hetero) is 1. The molecule has 8 heteroatoms. The maximum Gasteiger partial charge on any atom is 0.255 e. The molecule has 0 bridgehead atoms. The van der Waals surface area contributed by atoms with Crippen LogP contribution in [0.5, 0.6) is 11.5 Å². The molecule has 1 fully saturated rings. The Labute approximate surface area is 229 Å². The lowest BCUT2D eigenvalue weighted by molar-refractivity contribution is 0.0995. The molecule has 1 heterocycles. The first-order valence-corrected chi connectivity index (χ1v) is 13.4. The SMILES string of the molecule is COc1cccc(-c2ccc(NC(=O)c3ccc(NCCN4CCN(C)CC4)cc3)c3c2CCC3=O)c1OC. The van der Waals surface area contributed by atoms with Crippen molar-refractivity contribution in [1.82, 2.24) is 9.80 Å². The predicted molar refractivity (Wildman–Crippen MR) is 154 cm³/mol. The highest BCUT2D eigenvalue weighted by Gasteiger charge is 2.28. The summed E-state index contributed by atoms with van der Waals surface area (Å²) in [7, 11) is 5.37. The van der Waals surface area contributed by atoms with E-state index < -0.39 is 0 Å². The molecule has 3 aromatic carbocycles. The number of hydrogen-bond donors (Lipinski definition) is 2. The monoisotopic (exact) mass is 528 g/mol. The molecule has 3 aromatic rings. The summed E-state index contributed by atoms with van der Waals surface area (Å²) in [5, 5.41) is 6.43. The number of nitrogens with zero attached hydrogens (tertiary/aromatic N) is 2. The summed E-state index contributed by atoms with van der Waals surface area (Å²) < 4.78 is 11.1. The van der Waals surface area contributed by atoms with Gasteiger partial charge >= 0.3 is 0 Å². The van der Waals surface area contributed by atoms with E-state index in [-0.39, 0.29) is 11.7 Å². The Morgan fingerprint density at radius 3 is 2.38 bits per heavy atom. The lowest BCUT2D eigenvalue weighted by atomic mass is 9.94. The fraction of sp³-hybridized carbons (Fsp3) is 0.355. The van der Waals surface area contributed by atoms with Crippen molar-refractivity contribution in [1.29, 1.82) is 0 Å². The van der Waals surface area contributed by atoms with Crippen molar-refractivity contribution in [3.8, 4) is 22.6 Å². The Hall–Kier alpha value is -3.88. The molecule has 0 radical (unpaired) electrons. The van der Waals surface area contributed by atoms with Gasteiger partial charge < -0.3 is 25.0 Å². The minimum atomic E-state index is -0.243. The molecule has 5 rings (SSSR count). The topological polar surface area (TPSA) is 83.1 Å². The van der Waals surface area contributed by atoms with Crippen molar-refractivity contribution in [2.24, 2.45) is 0 Å². The van der Waals surface area contributed by atoms with Gasteiger partial charge in [-0.1, -0.05) is 18.2 Å². The molecule has 1 aliphatic heterocycles. The average Bonchev–Trinajstić information content (AvgIpc) is 3.36. The summed E-state index contributed by atoms with van der Waals surface area (Å²) in [5.41, 5.74) is 5.33. The minimum Gasteiger partial charge on any atom is -0.493 e. The Morgan fingerprint density at radius 2 is 1.67 bits per heavy atom. The second-order valence-electron chi connectivity index (χ2n) is 10.1. The smallest absolute Gasteiger partial charge is 0.255 e. The number of carbonyl (C=O) groups excluding carboxylic acids is 2. The standard InChI is InChI=1S/C31H36N4O4/c1-34-17-19-35(20-18-34)16-15-32-22-9-7-21(8-10-22)31(37)33-26-13-11-23(24-12-14-27(36)29(24)26)25-5-4-6-28(38-2)30(25)39-3/h4-11,13,32H,12,14-20H2,1-3H3,(H,33,37). The molecule has 39 heavy (non-hydrogen) atoms. The number of carbonyl (C=O) groups is 2. The summed E-state index contributed by atoms with van der Waals surface area (Å²) >= 11 is 0. The van der Waals surface area contributed by atoms with Crippen molar-refractivity contribution in [2.75, 3.05) is 71.2 Å². The molecule has 1 amide bonds. The van der Waals surface area contributed by atoms with Crippen molar-refractivity contribution < 1.29 is 19.1 Å². The van der Waals surface area contributed by atoms with Gasteiger partial charge in [0.15, 0.2) is 17.3 Å². The molecule has 0 aromatic heterocycles. The van der Waals surface area contributed by atoms with Gasteiger partial charge in [0, 0.05) is 68.1 Å². The number of piperazine rings is 1. The second-order valence-corrected chi connectivity index (χ2v) is 10.1. The zero-order valence-electron chi connectivity index (χ0n) is 22.9. The van der Waals surface area contributed by atoms with Crippen LogP contribution in [-0.4, -0.2) is 82.0 Å². The van der Waals surface area contributed by atoms with Crippen LogP contribution in [0.1, 0.15) is 32.7 Å². The molecule has 0 spiro atoms. The number of para-hydroxylation sites is 1. The van der Waals surface area contributed by atoms with Gasteiger partial charge in [0.05, 0.1) is 19.9 Å². The molecule has 1 aliphatic carbocycles. The van der Waals surface area contributed by atoms with E-state index in [1.165, 1.54) is 0 Å². The first-order chi connectivity index (χ1) is 19.0. The van der Waals surface area contributed by atoms with E-state index in [0.717, 1.165) is 61.6 Å². The lowest BCUT2D eigenvalue weighted by Gasteiger charge is -2.32. The van der Waals surface area contributed by atoms with E-state index in [4.69, 9.17) is 9.47 Å². The highest BCUT2D eigenvalue weighted by atomic mass is 16.5. The number of fused-ring (bicyclic) bond motifs is 1. The molecule has 1 saturated heterocycles. The van der Waals surface area contributed by atoms with Crippen LogP contribution in [0.15, 0.2) is 54.6 Å². The number of ether oxygens (including phenoxy) is 2. The normalized spacial score (nSPS) is 15.6. The first kappa shape index (κ1) is 26.7. The maximum absolute atomic E-state index is 13.1. The predicted octanol–water partition coefficient (Wildman–Crippen LogP) is 4.41. The van der Waals surface area contributed by atoms with Crippen LogP contribution in [-0.2, 0) is 6.42 Å². The highest BCUT2D eigenvalue weighted by Crippen LogP contribution is 2.43. The number of methoxy groups -OCH3 is 2. The van der Waals surface area contributed by atoms with Crippen LogP contribution in [0.3, 0.4) is 0 Å². The molecule has 0 saturated carbocycles. The molecular formula is C31H36N4O4. The van der Waals surface area contributed by atoms with Gasteiger partial charge in [-0.15, -0.1) is 0 Å². The number of rotatable bonds is 9. The fourth-order valence-corrected chi connectivity index (χ4v) is 5.41. The van der Waals surface area contributed by atoms with Crippen LogP contribution < -0.4 is 20.1 Å². The molecular weight excluding hydrogens is 492 g/mol. The third kappa shape index (κ3) is 5.77.